The third kappa shape index (κ3) is 2.46. The second-order valence-electron chi connectivity index (χ2n) is 5.06. The summed E-state index contributed by atoms with van der Waals surface area (Å²) in [5, 5.41) is 4.39. The molecule has 0 aliphatic heterocycles. The molecule has 2 N–H and O–H groups in total. The van der Waals surface area contributed by atoms with Crippen LogP contribution >= 0.6 is 0 Å². The second kappa shape index (κ2) is 5.00. The molecule has 1 aromatic rings. The van der Waals surface area contributed by atoms with Crippen LogP contribution in [-0.2, 0) is 12.1 Å². The van der Waals surface area contributed by atoms with Crippen molar-refractivity contribution in [3.8, 4) is 0 Å². The first-order chi connectivity index (χ1) is 7.74. The zero-order chi connectivity index (χ0) is 11.4. The lowest BCUT2D eigenvalue weighted by Crippen LogP contribution is -2.35. The molecular weight excluding hydrogens is 198 g/mol. The highest BCUT2D eigenvalue weighted by Gasteiger charge is 2.29. The Balaban J connectivity index is 2.13. The van der Waals surface area contributed by atoms with Gasteiger partial charge < -0.3 is 5.73 Å². The van der Waals surface area contributed by atoms with Crippen molar-refractivity contribution in [3.63, 3.8) is 0 Å². The van der Waals surface area contributed by atoms with Crippen molar-refractivity contribution in [3.05, 3.63) is 18.0 Å². The molecule has 1 aliphatic carbocycles. The molecule has 0 aromatic carbocycles. The van der Waals surface area contributed by atoms with Gasteiger partial charge in [0, 0.05) is 23.8 Å². The first-order valence-corrected chi connectivity index (χ1v) is 6.56. The first-order valence-electron chi connectivity index (χ1n) is 6.56. The molecule has 1 aliphatic rings. The lowest BCUT2D eigenvalue weighted by atomic mass is 9.86. The van der Waals surface area contributed by atoms with Crippen LogP contribution in [0, 0.1) is 0 Å². The molecule has 2 rings (SSSR count). The van der Waals surface area contributed by atoms with Crippen molar-refractivity contribution in [2.45, 2.75) is 64.0 Å². The molecule has 0 unspecified atom stereocenters. The summed E-state index contributed by atoms with van der Waals surface area (Å²) < 4.78 is 2.02. The maximum atomic E-state index is 6.54. The third-order valence-corrected chi connectivity index (χ3v) is 3.66. The molecule has 0 amide bonds. The van der Waals surface area contributed by atoms with Gasteiger partial charge in [-0.15, -0.1) is 0 Å². The fourth-order valence-electron chi connectivity index (χ4n) is 2.62. The van der Waals surface area contributed by atoms with E-state index in [2.05, 4.69) is 18.2 Å². The Hall–Kier alpha value is -0.830. The summed E-state index contributed by atoms with van der Waals surface area (Å²) >= 11 is 0. The SMILES string of the molecule is CCCn1cc(C2(N)CCCCCC2)cn1. The van der Waals surface area contributed by atoms with Gasteiger partial charge in [0.25, 0.3) is 0 Å². The van der Waals surface area contributed by atoms with Gasteiger partial charge in [-0.1, -0.05) is 32.6 Å². The van der Waals surface area contributed by atoms with Gasteiger partial charge in [-0.2, -0.15) is 5.10 Å². The Morgan fingerprint density at radius 2 is 2.00 bits per heavy atom. The van der Waals surface area contributed by atoms with Gasteiger partial charge in [0.15, 0.2) is 0 Å². The van der Waals surface area contributed by atoms with E-state index in [1.54, 1.807) is 0 Å². The maximum absolute atomic E-state index is 6.54. The molecule has 0 radical (unpaired) electrons. The van der Waals surface area contributed by atoms with Gasteiger partial charge >= 0.3 is 0 Å². The van der Waals surface area contributed by atoms with Gasteiger partial charge in [0.2, 0.25) is 0 Å². The monoisotopic (exact) mass is 221 g/mol. The molecule has 0 saturated heterocycles. The minimum atomic E-state index is -0.109. The van der Waals surface area contributed by atoms with E-state index in [1.165, 1.54) is 31.2 Å². The van der Waals surface area contributed by atoms with Crippen LogP contribution in [0.25, 0.3) is 0 Å². The lowest BCUT2D eigenvalue weighted by Gasteiger charge is -2.26. The summed E-state index contributed by atoms with van der Waals surface area (Å²) in [6.07, 6.45) is 12.7. The molecule has 0 bridgehead atoms. The summed E-state index contributed by atoms with van der Waals surface area (Å²) in [5.41, 5.74) is 7.67. The van der Waals surface area contributed by atoms with Gasteiger partial charge in [0.05, 0.1) is 6.20 Å². The Labute approximate surface area is 98.0 Å². The molecule has 0 atom stereocenters. The van der Waals surface area contributed by atoms with Crippen molar-refractivity contribution in [2.75, 3.05) is 0 Å². The Morgan fingerprint density at radius 3 is 2.62 bits per heavy atom. The van der Waals surface area contributed by atoms with Crippen LogP contribution in [-0.4, -0.2) is 9.78 Å². The van der Waals surface area contributed by atoms with Crippen molar-refractivity contribution in [2.24, 2.45) is 5.73 Å². The highest BCUT2D eigenvalue weighted by molar-refractivity contribution is 5.17. The minimum absolute atomic E-state index is 0.109. The average molecular weight is 221 g/mol. The van der Waals surface area contributed by atoms with Crippen LogP contribution in [0.3, 0.4) is 0 Å². The fraction of sp³-hybridized carbons (Fsp3) is 0.769. The molecule has 90 valence electrons. The molecule has 16 heavy (non-hydrogen) atoms. The summed E-state index contributed by atoms with van der Waals surface area (Å²) in [6.45, 7) is 3.17. The van der Waals surface area contributed by atoms with Gasteiger partial charge in [-0.05, 0) is 19.3 Å². The average Bonchev–Trinajstić information content (AvgIpc) is 2.63. The van der Waals surface area contributed by atoms with Crippen molar-refractivity contribution < 1.29 is 0 Å². The number of nitrogens with zero attached hydrogens (tertiary/aromatic N) is 2. The van der Waals surface area contributed by atoms with Crippen LogP contribution in [0.5, 0.6) is 0 Å². The normalized spacial score (nSPS) is 20.6. The third-order valence-electron chi connectivity index (χ3n) is 3.66. The molecule has 3 nitrogen and oxygen atoms in total. The minimum Gasteiger partial charge on any atom is -0.321 e. The van der Waals surface area contributed by atoms with Gasteiger partial charge in [-0.3, -0.25) is 4.68 Å². The number of rotatable bonds is 3. The second-order valence-corrected chi connectivity index (χ2v) is 5.06. The maximum Gasteiger partial charge on any atom is 0.0540 e. The molecule has 3 heteroatoms. The largest absolute Gasteiger partial charge is 0.321 e. The van der Waals surface area contributed by atoms with Crippen LogP contribution in [0.4, 0.5) is 0 Å². The van der Waals surface area contributed by atoms with E-state index in [9.17, 15) is 0 Å². The summed E-state index contributed by atoms with van der Waals surface area (Å²) in [4.78, 5) is 0. The van der Waals surface area contributed by atoms with Crippen LogP contribution < -0.4 is 5.73 Å². The zero-order valence-electron chi connectivity index (χ0n) is 10.3. The summed E-state index contributed by atoms with van der Waals surface area (Å²) in [5.74, 6) is 0. The van der Waals surface area contributed by atoms with Gasteiger partial charge in [0.1, 0.15) is 0 Å². The van der Waals surface area contributed by atoms with E-state index in [4.69, 9.17) is 5.73 Å². The van der Waals surface area contributed by atoms with Crippen molar-refractivity contribution >= 4 is 0 Å². The molecule has 1 heterocycles. The van der Waals surface area contributed by atoms with E-state index in [0.717, 1.165) is 25.8 Å². The van der Waals surface area contributed by atoms with E-state index >= 15 is 0 Å². The highest BCUT2D eigenvalue weighted by Crippen LogP contribution is 2.33. The first kappa shape index (κ1) is 11.6. The number of aryl methyl sites for hydroxylation is 1. The fourth-order valence-corrected chi connectivity index (χ4v) is 2.62. The van der Waals surface area contributed by atoms with Crippen molar-refractivity contribution in [1.29, 1.82) is 0 Å². The van der Waals surface area contributed by atoms with E-state index < -0.39 is 0 Å². The Bertz CT molecular complexity index is 322. The molecular formula is C13H23N3. The number of aromatic nitrogens is 2. The Kier molecular flexibility index (Phi) is 3.64. The number of nitrogens with two attached hydrogens (primary N) is 1. The molecule has 1 aromatic heterocycles. The van der Waals surface area contributed by atoms with E-state index in [-0.39, 0.29) is 5.54 Å². The van der Waals surface area contributed by atoms with Crippen LogP contribution in [0.2, 0.25) is 0 Å². The van der Waals surface area contributed by atoms with E-state index in [0.29, 0.717) is 0 Å². The van der Waals surface area contributed by atoms with Gasteiger partial charge in [-0.25, -0.2) is 0 Å². The quantitative estimate of drug-likeness (QED) is 0.798. The van der Waals surface area contributed by atoms with E-state index in [1.807, 2.05) is 10.9 Å². The Morgan fingerprint density at radius 1 is 1.31 bits per heavy atom. The summed E-state index contributed by atoms with van der Waals surface area (Å²) in [6, 6.07) is 0. The standard InChI is InChI=1S/C13H23N3/c1-2-9-16-11-12(10-15-16)13(14)7-5-3-4-6-8-13/h10-11H,2-9,14H2,1H3. The zero-order valence-corrected chi connectivity index (χ0v) is 10.3. The molecule has 1 saturated carbocycles. The number of hydrogen-bond acceptors (Lipinski definition) is 2. The topological polar surface area (TPSA) is 43.8 Å². The van der Waals surface area contributed by atoms with Crippen LogP contribution in [0.15, 0.2) is 12.4 Å². The van der Waals surface area contributed by atoms with Crippen molar-refractivity contribution in [1.82, 2.24) is 9.78 Å². The predicted molar refractivity (Wildman–Crippen MR) is 66.1 cm³/mol. The highest BCUT2D eigenvalue weighted by atomic mass is 15.3. The molecule has 1 fully saturated rings. The lowest BCUT2D eigenvalue weighted by molar-refractivity contribution is 0.385. The predicted octanol–water partition coefficient (Wildman–Crippen LogP) is 2.80. The summed E-state index contributed by atoms with van der Waals surface area (Å²) in [7, 11) is 0. The van der Waals surface area contributed by atoms with Crippen LogP contribution in [0.1, 0.15) is 57.4 Å². The molecule has 0 spiro atoms. The smallest absolute Gasteiger partial charge is 0.0540 e. The number of hydrogen-bond donors (Lipinski definition) is 1.